The summed E-state index contributed by atoms with van der Waals surface area (Å²) in [6.07, 6.45) is 2.53. The number of nitrogens with two attached hydrogens (primary N) is 1. The van der Waals surface area contributed by atoms with Crippen LogP contribution in [-0.4, -0.2) is 43.7 Å². The molecule has 8 nitrogen and oxygen atoms in total. The van der Waals surface area contributed by atoms with Crippen LogP contribution < -0.4 is 5.73 Å². The molecule has 1 aliphatic rings. The predicted molar refractivity (Wildman–Crippen MR) is 131 cm³/mol. The quantitative estimate of drug-likeness (QED) is 0.319. The average Bonchev–Trinajstić information content (AvgIpc) is 3.37. The maximum atomic E-state index is 12.9. The van der Waals surface area contributed by atoms with Gasteiger partial charge in [0.15, 0.2) is 11.3 Å². The molecule has 1 aliphatic heterocycles. The smallest absolute Gasteiger partial charge is 0.224 e. The van der Waals surface area contributed by atoms with Crippen LogP contribution in [0.15, 0.2) is 60.9 Å². The molecule has 1 fully saturated rings. The number of hydrogen-bond donors (Lipinski definition) is 1. The van der Waals surface area contributed by atoms with Crippen LogP contribution >= 0.6 is 0 Å². The Morgan fingerprint density at radius 3 is 2.65 bits per heavy atom. The van der Waals surface area contributed by atoms with Crippen LogP contribution in [0.4, 0.5) is 5.82 Å². The van der Waals surface area contributed by atoms with Crippen LogP contribution in [0.3, 0.4) is 0 Å². The maximum Gasteiger partial charge on any atom is 0.224 e. The van der Waals surface area contributed by atoms with Gasteiger partial charge in [0, 0.05) is 18.6 Å². The van der Waals surface area contributed by atoms with Gasteiger partial charge in [-0.15, -0.1) is 0 Å². The van der Waals surface area contributed by atoms with E-state index in [1.54, 1.807) is 0 Å². The minimum atomic E-state index is -0.579. The zero-order valence-corrected chi connectivity index (χ0v) is 19.4. The monoisotopic (exact) mass is 456 g/mol. The molecule has 34 heavy (non-hydrogen) atoms. The van der Waals surface area contributed by atoms with Crippen molar-refractivity contribution >= 4 is 22.8 Å². The van der Waals surface area contributed by atoms with Crippen molar-refractivity contribution in [3.63, 3.8) is 0 Å². The average molecular weight is 457 g/mol. The molecule has 5 rings (SSSR count). The summed E-state index contributed by atoms with van der Waals surface area (Å²) in [6.45, 7) is 5.71. The van der Waals surface area contributed by atoms with E-state index in [1.165, 1.54) is 6.33 Å². The van der Waals surface area contributed by atoms with E-state index in [1.807, 2.05) is 78.0 Å². The second-order valence-corrected chi connectivity index (χ2v) is 8.92. The second-order valence-electron chi connectivity index (χ2n) is 8.92. The van der Waals surface area contributed by atoms with E-state index in [4.69, 9.17) is 15.6 Å². The lowest BCUT2D eigenvalue weighted by molar-refractivity contribution is -0.128. The lowest BCUT2D eigenvalue weighted by Gasteiger charge is -2.14. The highest BCUT2D eigenvalue weighted by molar-refractivity contribution is 5.98. The van der Waals surface area contributed by atoms with Crippen LogP contribution in [-0.2, 0) is 21.8 Å². The third kappa shape index (κ3) is 4.12. The lowest BCUT2D eigenvalue weighted by Crippen LogP contribution is -2.26. The number of nitrogen functional groups attached to an aromatic ring is 1. The largest absolute Gasteiger partial charge is 0.383 e. The molecule has 174 valence electrons. The standard InChI is InChI=1S/C26H28N6O2/c1-18-10-12-20(13-11-18)23-22-24(27)28-17-29-25(22)32(30-23)26(2)16-31(26)21(33)9-6-14-34-15-19-7-4-3-5-8-19/h3-5,7-8,10-13,17H,6,9,14-16H2,1-2H3,(H2,27,28,29). The number of rotatable bonds is 8. The summed E-state index contributed by atoms with van der Waals surface area (Å²) >= 11 is 0. The number of carbonyl (C=O) groups excluding carboxylic acids is 1. The molecular formula is C26H28N6O2. The number of aromatic nitrogens is 4. The van der Waals surface area contributed by atoms with Gasteiger partial charge < -0.3 is 15.4 Å². The van der Waals surface area contributed by atoms with Crippen molar-refractivity contribution in [3.8, 4) is 11.3 Å². The Morgan fingerprint density at radius 1 is 1.12 bits per heavy atom. The van der Waals surface area contributed by atoms with E-state index in [9.17, 15) is 4.79 Å². The van der Waals surface area contributed by atoms with E-state index >= 15 is 0 Å². The summed E-state index contributed by atoms with van der Waals surface area (Å²) < 4.78 is 7.54. The Bertz CT molecular complexity index is 1320. The molecule has 1 atom stereocenters. The molecule has 2 aromatic heterocycles. The van der Waals surface area contributed by atoms with E-state index < -0.39 is 5.66 Å². The summed E-state index contributed by atoms with van der Waals surface area (Å²) in [4.78, 5) is 23.4. The van der Waals surface area contributed by atoms with Crippen LogP contribution in [0, 0.1) is 6.92 Å². The van der Waals surface area contributed by atoms with Crippen molar-refractivity contribution in [2.75, 3.05) is 18.9 Å². The highest BCUT2D eigenvalue weighted by Crippen LogP contribution is 2.42. The molecule has 4 aromatic rings. The van der Waals surface area contributed by atoms with Crippen LogP contribution in [0.1, 0.15) is 30.9 Å². The molecule has 8 heteroatoms. The fourth-order valence-electron chi connectivity index (χ4n) is 4.25. The molecular weight excluding hydrogens is 428 g/mol. The SMILES string of the molecule is Cc1ccc(-c2nn(C3(C)CN3C(=O)CCCOCc3ccccc3)c3ncnc(N)c23)cc1. The zero-order valence-electron chi connectivity index (χ0n) is 19.4. The van der Waals surface area contributed by atoms with E-state index in [2.05, 4.69) is 9.97 Å². The summed E-state index contributed by atoms with van der Waals surface area (Å²) in [5.41, 5.74) is 10.2. The van der Waals surface area contributed by atoms with Gasteiger partial charge >= 0.3 is 0 Å². The number of anilines is 1. The first-order valence-electron chi connectivity index (χ1n) is 11.5. The Labute approximate surface area is 198 Å². The first kappa shape index (κ1) is 22.0. The Hall–Kier alpha value is -3.78. The first-order valence-corrected chi connectivity index (χ1v) is 11.5. The zero-order chi connectivity index (χ0) is 23.7. The topological polar surface area (TPSA) is 98.9 Å². The third-order valence-electron chi connectivity index (χ3n) is 6.30. The first-order chi connectivity index (χ1) is 16.5. The van der Waals surface area contributed by atoms with Crippen molar-refractivity contribution in [3.05, 3.63) is 72.1 Å². The summed E-state index contributed by atoms with van der Waals surface area (Å²) in [7, 11) is 0. The number of fused-ring (bicyclic) bond motifs is 1. The van der Waals surface area contributed by atoms with Gasteiger partial charge in [-0.1, -0.05) is 60.2 Å². The number of aryl methyl sites for hydroxylation is 1. The Kier molecular flexibility index (Phi) is 5.75. The van der Waals surface area contributed by atoms with Crippen molar-refractivity contribution < 1.29 is 9.53 Å². The van der Waals surface area contributed by atoms with Gasteiger partial charge in [0.1, 0.15) is 17.8 Å². The molecule has 1 saturated heterocycles. The molecule has 0 bridgehead atoms. The molecule has 1 amide bonds. The van der Waals surface area contributed by atoms with Crippen molar-refractivity contribution in [1.29, 1.82) is 0 Å². The van der Waals surface area contributed by atoms with Crippen molar-refractivity contribution in [2.45, 2.75) is 39.0 Å². The summed E-state index contributed by atoms with van der Waals surface area (Å²) in [5, 5.41) is 5.58. The number of nitrogens with zero attached hydrogens (tertiary/aromatic N) is 5. The van der Waals surface area contributed by atoms with Gasteiger partial charge in [-0.05, 0) is 25.8 Å². The number of benzene rings is 2. The van der Waals surface area contributed by atoms with E-state index in [0.29, 0.717) is 49.5 Å². The Balaban J connectivity index is 1.29. The number of carbonyl (C=O) groups is 1. The number of ether oxygens (including phenoxy) is 1. The van der Waals surface area contributed by atoms with Crippen LogP contribution in [0.25, 0.3) is 22.3 Å². The molecule has 0 aliphatic carbocycles. The van der Waals surface area contributed by atoms with E-state index in [0.717, 1.165) is 22.4 Å². The van der Waals surface area contributed by atoms with Gasteiger partial charge in [0.2, 0.25) is 5.91 Å². The van der Waals surface area contributed by atoms with Gasteiger partial charge in [-0.25, -0.2) is 14.6 Å². The fourth-order valence-corrected chi connectivity index (χ4v) is 4.25. The molecule has 0 radical (unpaired) electrons. The molecule has 1 unspecified atom stereocenters. The predicted octanol–water partition coefficient (Wildman–Crippen LogP) is 3.90. The molecule has 2 N–H and O–H groups in total. The highest BCUT2D eigenvalue weighted by atomic mass is 16.5. The van der Waals surface area contributed by atoms with Crippen LogP contribution in [0.2, 0.25) is 0 Å². The third-order valence-corrected chi connectivity index (χ3v) is 6.30. The normalized spacial score (nSPS) is 17.3. The number of amides is 1. The Morgan fingerprint density at radius 2 is 1.88 bits per heavy atom. The number of hydrogen-bond acceptors (Lipinski definition) is 6. The van der Waals surface area contributed by atoms with Crippen LogP contribution in [0.5, 0.6) is 0 Å². The van der Waals surface area contributed by atoms with Crippen molar-refractivity contribution in [1.82, 2.24) is 24.6 Å². The summed E-state index contributed by atoms with van der Waals surface area (Å²) in [5.74, 6) is 0.456. The lowest BCUT2D eigenvalue weighted by atomic mass is 10.1. The molecule has 2 aromatic carbocycles. The molecule has 0 spiro atoms. The highest BCUT2D eigenvalue weighted by Gasteiger charge is 2.54. The second kappa shape index (κ2) is 8.87. The molecule has 3 heterocycles. The van der Waals surface area contributed by atoms with Gasteiger partial charge in [0.25, 0.3) is 0 Å². The summed E-state index contributed by atoms with van der Waals surface area (Å²) in [6, 6.07) is 18.1. The fraction of sp³-hybridized carbons (Fsp3) is 0.308. The van der Waals surface area contributed by atoms with Gasteiger partial charge in [-0.2, -0.15) is 5.10 Å². The molecule has 0 saturated carbocycles. The van der Waals surface area contributed by atoms with E-state index in [-0.39, 0.29) is 5.91 Å². The maximum absolute atomic E-state index is 12.9. The van der Waals surface area contributed by atoms with Gasteiger partial charge in [0.05, 0.1) is 18.5 Å². The van der Waals surface area contributed by atoms with Gasteiger partial charge in [-0.3, -0.25) is 4.79 Å². The minimum absolute atomic E-state index is 0.0772. The minimum Gasteiger partial charge on any atom is -0.383 e. The van der Waals surface area contributed by atoms with Crippen molar-refractivity contribution in [2.24, 2.45) is 0 Å².